The van der Waals surface area contributed by atoms with Crippen molar-refractivity contribution in [1.29, 1.82) is 0 Å². The summed E-state index contributed by atoms with van der Waals surface area (Å²) in [6.45, 7) is 5.44. The predicted molar refractivity (Wildman–Crippen MR) is 61.2 cm³/mol. The standard InChI is InChI=1S/C10H15N3.ClH/c1-9-7-12-5-6-13(9)10-3-2-4-11-8-10;/h2-4,8-9,12H,5-7H2,1H3;1H. The number of rotatable bonds is 1. The molecule has 0 amide bonds. The molecular weight excluding hydrogens is 198 g/mol. The minimum absolute atomic E-state index is 0. The van der Waals surface area contributed by atoms with Crippen molar-refractivity contribution < 1.29 is 0 Å². The van der Waals surface area contributed by atoms with Crippen molar-refractivity contribution in [2.24, 2.45) is 0 Å². The number of halogens is 1. The highest BCUT2D eigenvalue weighted by Crippen LogP contribution is 2.15. The lowest BCUT2D eigenvalue weighted by molar-refractivity contribution is 0.500. The summed E-state index contributed by atoms with van der Waals surface area (Å²) >= 11 is 0. The fourth-order valence-corrected chi connectivity index (χ4v) is 1.75. The van der Waals surface area contributed by atoms with E-state index in [1.807, 2.05) is 18.5 Å². The quantitative estimate of drug-likeness (QED) is 0.763. The second kappa shape index (κ2) is 5.17. The van der Waals surface area contributed by atoms with E-state index in [1.165, 1.54) is 5.69 Å². The number of anilines is 1. The Morgan fingerprint density at radius 1 is 1.57 bits per heavy atom. The van der Waals surface area contributed by atoms with Gasteiger partial charge in [0.1, 0.15) is 0 Å². The highest BCUT2D eigenvalue weighted by molar-refractivity contribution is 5.85. The number of aromatic nitrogens is 1. The van der Waals surface area contributed by atoms with Gasteiger partial charge in [0.2, 0.25) is 0 Å². The normalized spacial score (nSPS) is 21.5. The SMILES string of the molecule is CC1CNCCN1c1cccnc1.Cl. The first-order valence-corrected chi connectivity index (χ1v) is 4.75. The van der Waals surface area contributed by atoms with Gasteiger partial charge in [-0.1, -0.05) is 0 Å². The molecule has 1 aliphatic heterocycles. The third-order valence-corrected chi connectivity index (χ3v) is 2.48. The van der Waals surface area contributed by atoms with Gasteiger partial charge < -0.3 is 10.2 Å². The van der Waals surface area contributed by atoms with Gasteiger partial charge in [-0.25, -0.2) is 0 Å². The lowest BCUT2D eigenvalue weighted by Gasteiger charge is -2.35. The number of nitrogens with one attached hydrogen (secondary N) is 1. The molecular formula is C10H16ClN3. The van der Waals surface area contributed by atoms with Gasteiger partial charge in [0.25, 0.3) is 0 Å². The topological polar surface area (TPSA) is 28.2 Å². The highest BCUT2D eigenvalue weighted by atomic mass is 35.5. The smallest absolute Gasteiger partial charge is 0.0556 e. The Morgan fingerprint density at radius 3 is 3.07 bits per heavy atom. The lowest BCUT2D eigenvalue weighted by atomic mass is 10.2. The van der Waals surface area contributed by atoms with Crippen LogP contribution in [0.25, 0.3) is 0 Å². The van der Waals surface area contributed by atoms with Gasteiger partial charge in [-0.05, 0) is 19.1 Å². The molecule has 2 heterocycles. The summed E-state index contributed by atoms with van der Waals surface area (Å²) in [5, 5.41) is 3.37. The maximum Gasteiger partial charge on any atom is 0.0556 e. The molecule has 2 rings (SSSR count). The molecule has 0 aliphatic carbocycles. The van der Waals surface area contributed by atoms with Crippen molar-refractivity contribution in [1.82, 2.24) is 10.3 Å². The number of hydrogen-bond acceptors (Lipinski definition) is 3. The fraction of sp³-hybridized carbons (Fsp3) is 0.500. The zero-order chi connectivity index (χ0) is 9.10. The second-order valence-electron chi connectivity index (χ2n) is 3.46. The van der Waals surface area contributed by atoms with Crippen molar-refractivity contribution in [3.8, 4) is 0 Å². The summed E-state index contributed by atoms with van der Waals surface area (Å²) in [6.07, 6.45) is 3.75. The van der Waals surface area contributed by atoms with Gasteiger partial charge in [-0.3, -0.25) is 4.98 Å². The van der Waals surface area contributed by atoms with E-state index >= 15 is 0 Å². The molecule has 4 heteroatoms. The molecule has 0 radical (unpaired) electrons. The van der Waals surface area contributed by atoms with Crippen LogP contribution in [-0.4, -0.2) is 30.7 Å². The van der Waals surface area contributed by atoms with Crippen LogP contribution in [-0.2, 0) is 0 Å². The molecule has 1 aliphatic rings. The second-order valence-corrected chi connectivity index (χ2v) is 3.46. The van der Waals surface area contributed by atoms with E-state index in [2.05, 4.69) is 28.2 Å². The zero-order valence-electron chi connectivity index (χ0n) is 8.31. The molecule has 78 valence electrons. The molecule has 1 N–H and O–H groups in total. The van der Waals surface area contributed by atoms with Crippen LogP contribution in [0.1, 0.15) is 6.92 Å². The summed E-state index contributed by atoms with van der Waals surface area (Å²) in [5.41, 5.74) is 1.23. The molecule has 14 heavy (non-hydrogen) atoms. The predicted octanol–water partition coefficient (Wildman–Crippen LogP) is 1.30. The van der Waals surface area contributed by atoms with E-state index in [0.29, 0.717) is 6.04 Å². The monoisotopic (exact) mass is 213 g/mol. The molecule has 3 nitrogen and oxygen atoms in total. The van der Waals surface area contributed by atoms with E-state index in [9.17, 15) is 0 Å². The van der Waals surface area contributed by atoms with E-state index in [-0.39, 0.29) is 12.4 Å². The Morgan fingerprint density at radius 2 is 2.43 bits per heavy atom. The Hall–Kier alpha value is -0.800. The minimum Gasteiger partial charge on any atom is -0.365 e. The number of piperazine rings is 1. The average molecular weight is 214 g/mol. The summed E-state index contributed by atoms with van der Waals surface area (Å²) in [7, 11) is 0. The Kier molecular flexibility index (Phi) is 4.17. The van der Waals surface area contributed by atoms with Crippen LogP contribution in [0.15, 0.2) is 24.5 Å². The Labute approximate surface area is 90.9 Å². The van der Waals surface area contributed by atoms with Crippen molar-refractivity contribution in [2.45, 2.75) is 13.0 Å². The van der Waals surface area contributed by atoms with Crippen LogP contribution >= 0.6 is 12.4 Å². The van der Waals surface area contributed by atoms with Crippen LogP contribution < -0.4 is 10.2 Å². The van der Waals surface area contributed by atoms with Crippen molar-refractivity contribution in [2.75, 3.05) is 24.5 Å². The number of pyridine rings is 1. The van der Waals surface area contributed by atoms with E-state index in [0.717, 1.165) is 19.6 Å². The molecule has 1 saturated heterocycles. The van der Waals surface area contributed by atoms with Crippen LogP contribution in [0.4, 0.5) is 5.69 Å². The first kappa shape index (κ1) is 11.3. The molecule has 1 unspecified atom stereocenters. The third-order valence-electron chi connectivity index (χ3n) is 2.48. The van der Waals surface area contributed by atoms with Gasteiger partial charge in [-0.2, -0.15) is 0 Å². The maximum absolute atomic E-state index is 4.13. The molecule has 0 spiro atoms. The van der Waals surface area contributed by atoms with Crippen LogP contribution in [0.2, 0.25) is 0 Å². The van der Waals surface area contributed by atoms with E-state index < -0.39 is 0 Å². The van der Waals surface area contributed by atoms with Gasteiger partial charge in [0.15, 0.2) is 0 Å². The summed E-state index contributed by atoms with van der Waals surface area (Å²) < 4.78 is 0. The average Bonchev–Trinajstić information content (AvgIpc) is 2.20. The van der Waals surface area contributed by atoms with Gasteiger partial charge in [0.05, 0.1) is 11.9 Å². The third kappa shape index (κ3) is 2.36. The Balaban J connectivity index is 0.000000980. The van der Waals surface area contributed by atoms with E-state index in [4.69, 9.17) is 0 Å². The molecule has 1 aromatic rings. The molecule has 0 saturated carbocycles. The van der Waals surface area contributed by atoms with Gasteiger partial charge >= 0.3 is 0 Å². The summed E-state index contributed by atoms with van der Waals surface area (Å²) in [5.74, 6) is 0. The van der Waals surface area contributed by atoms with Crippen molar-refractivity contribution >= 4 is 18.1 Å². The van der Waals surface area contributed by atoms with Crippen molar-refractivity contribution in [3.63, 3.8) is 0 Å². The van der Waals surface area contributed by atoms with Crippen LogP contribution in [0.5, 0.6) is 0 Å². The first-order chi connectivity index (χ1) is 6.38. The molecule has 1 fully saturated rings. The van der Waals surface area contributed by atoms with Gasteiger partial charge in [-0.15, -0.1) is 12.4 Å². The molecule has 0 bridgehead atoms. The zero-order valence-corrected chi connectivity index (χ0v) is 9.13. The Bertz CT molecular complexity index is 265. The summed E-state index contributed by atoms with van der Waals surface area (Å²) in [6, 6.07) is 4.68. The number of hydrogen-bond donors (Lipinski definition) is 1. The molecule has 0 aromatic carbocycles. The minimum atomic E-state index is 0. The van der Waals surface area contributed by atoms with Gasteiger partial charge in [0, 0.05) is 31.9 Å². The summed E-state index contributed by atoms with van der Waals surface area (Å²) in [4.78, 5) is 6.52. The van der Waals surface area contributed by atoms with E-state index in [1.54, 1.807) is 0 Å². The molecule has 1 aromatic heterocycles. The maximum atomic E-state index is 4.13. The highest BCUT2D eigenvalue weighted by Gasteiger charge is 2.17. The lowest BCUT2D eigenvalue weighted by Crippen LogP contribution is -2.49. The largest absolute Gasteiger partial charge is 0.365 e. The molecule has 1 atom stereocenters. The first-order valence-electron chi connectivity index (χ1n) is 4.75. The van der Waals surface area contributed by atoms with Crippen molar-refractivity contribution in [3.05, 3.63) is 24.5 Å². The van der Waals surface area contributed by atoms with Crippen LogP contribution in [0, 0.1) is 0 Å². The van der Waals surface area contributed by atoms with Crippen LogP contribution in [0.3, 0.4) is 0 Å². The fourth-order valence-electron chi connectivity index (χ4n) is 1.75. The number of nitrogens with zero attached hydrogens (tertiary/aromatic N) is 2.